The zero-order valence-corrected chi connectivity index (χ0v) is 8.16. The van der Waals surface area contributed by atoms with Crippen molar-refractivity contribution < 1.29 is 0 Å². The Morgan fingerprint density at radius 3 is 2.62 bits per heavy atom. The van der Waals surface area contributed by atoms with E-state index in [1.807, 2.05) is 0 Å². The molecule has 68 valence electrons. The summed E-state index contributed by atoms with van der Waals surface area (Å²) in [4.78, 5) is 0. The van der Waals surface area contributed by atoms with Crippen molar-refractivity contribution in [3.05, 3.63) is 42.0 Å². The third-order valence-corrected chi connectivity index (χ3v) is 2.68. The minimum absolute atomic E-state index is 0.999. The maximum absolute atomic E-state index is 2.38. The highest BCUT2D eigenvalue weighted by Crippen LogP contribution is 2.33. The minimum atomic E-state index is 0.999. The number of hydrogen-bond acceptors (Lipinski definition) is 0. The fourth-order valence-electron chi connectivity index (χ4n) is 1.52. The molecule has 0 aromatic heterocycles. The molecule has 1 fully saturated rings. The molecule has 0 radical (unpaired) electrons. The normalized spacial score (nSPS) is 17.5. The van der Waals surface area contributed by atoms with Crippen LogP contribution in [0.3, 0.4) is 0 Å². The molecule has 1 aromatic carbocycles. The van der Waals surface area contributed by atoms with E-state index < -0.39 is 0 Å². The number of benzene rings is 1. The van der Waals surface area contributed by atoms with Crippen molar-refractivity contribution in [3.63, 3.8) is 0 Å². The molecule has 0 amide bonds. The standard InChI is InChI=1S/C13H16/c1-11(7-8-12-9-10-12)13-5-3-2-4-6-13/h2-7,12H,8-10H2,1H3. The smallest absolute Gasteiger partial charge is 0.0231 e. The van der Waals surface area contributed by atoms with E-state index in [0.717, 1.165) is 5.92 Å². The van der Waals surface area contributed by atoms with Gasteiger partial charge in [0.15, 0.2) is 0 Å². The van der Waals surface area contributed by atoms with Crippen molar-refractivity contribution in [2.24, 2.45) is 5.92 Å². The summed E-state index contributed by atoms with van der Waals surface area (Å²) in [6.07, 6.45) is 6.55. The highest BCUT2D eigenvalue weighted by molar-refractivity contribution is 5.63. The third kappa shape index (κ3) is 2.45. The fourth-order valence-corrected chi connectivity index (χ4v) is 1.52. The Balaban J connectivity index is 2.02. The van der Waals surface area contributed by atoms with Gasteiger partial charge in [0, 0.05) is 0 Å². The minimum Gasteiger partial charge on any atom is -0.0807 e. The summed E-state index contributed by atoms with van der Waals surface area (Å²) in [6.45, 7) is 2.21. The van der Waals surface area contributed by atoms with E-state index in [1.54, 1.807) is 0 Å². The average Bonchev–Trinajstić information content (AvgIpc) is 2.99. The maximum Gasteiger partial charge on any atom is -0.0231 e. The van der Waals surface area contributed by atoms with Crippen LogP contribution >= 0.6 is 0 Å². The summed E-state index contributed by atoms with van der Waals surface area (Å²) < 4.78 is 0. The van der Waals surface area contributed by atoms with E-state index in [2.05, 4.69) is 43.3 Å². The lowest BCUT2D eigenvalue weighted by atomic mass is 10.1. The molecule has 0 bridgehead atoms. The van der Waals surface area contributed by atoms with Gasteiger partial charge in [0.05, 0.1) is 0 Å². The van der Waals surface area contributed by atoms with Crippen LogP contribution in [0.2, 0.25) is 0 Å². The van der Waals surface area contributed by atoms with Gasteiger partial charge in [0.25, 0.3) is 0 Å². The number of hydrogen-bond donors (Lipinski definition) is 0. The topological polar surface area (TPSA) is 0 Å². The van der Waals surface area contributed by atoms with Gasteiger partial charge in [-0.1, -0.05) is 36.4 Å². The maximum atomic E-state index is 2.38. The quantitative estimate of drug-likeness (QED) is 0.649. The molecule has 0 heterocycles. The second kappa shape index (κ2) is 3.78. The highest BCUT2D eigenvalue weighted by atomic mass is 14.2. The van der Waals surface area contributed by atoms with Crippen LogP contribution in [0.5, 0.6) is 0 Å². The predicted molar refractivity (Wildman–Crippen MR) is 57.4 cm³/mol. The first-order valence-corrected chi connectivity index (χ1v) is 5.08. The summed E-state index contributed by atoms with van der Waals surface area (Å²) in [5.74, 6) is 0.999. The molecule has 1 aromatic rings. The molecule has 0 spiro atoms. The van der Waals surface area contributed by atoms with E-state index in [0.29, 0.717) is 0 Å². The van der Waals surface area contributed by atoms with Gasteiger partial charge in [-0.15, -0.1) is 0 Å². The largest absolute Gasteiger partial charge is 0.0807 e. The van der Waals surface area contributed by atoms with E-state index >= 15 is 0 Å². The molecule has 0 heteroatoms. The molecule has 0 N–H and O–H groups in total. The van der Waals surface area contributed by atoms with E-state index in [1.165, 1.54) is 30.4 Å². The van der Waals surface area contributed by atoms with Gasteiger partial charge >= 0.3 is 0 Å². The van der Waals surface area contributed by atoms with Crippen molar-refractivity contribution in [3.8, 4) is 0 Å². The van der Waals surface area contributed by atoms with E-state index in [9.17, 15) is 0 Å². The SMILES string of the molecule is CC(=CCC1CC1)c1ccccc1. The summed E-state index contributed by atoms with van der Waals surface area (Å²) in [6, 6.07) is 10.6. The van der Waals surface area contributed by atoms with Crippen molar-refractivity contribution in [2.45, 2.75) is 26.2 Å². The second-order valence-electron chi connectivity index (χ2n) is 3.93. The monoisotopic (exact) mass is 172 g/mol. The average molecular weight is 172 g/mol. The van der Waals surface area contributed by atoms with Gasteiger partial charge in [-0.2, -0.15) is 0 Å². The van der Waals surface area contributed by atoms with Gasteiger partial charge < -0.3 is 0 Å². The lowest BCUT2D eigenvalue weighted by molar-refractivity contribution is 0.863. The van der Waals surface area contributed by atoms with Gasteiger partial charge in [0.2, 0.25) is 0 Å². The van der Waals surface area contributed by atoms with Crippen LogP contribution in [0.25, 0.3) is 5.57 Å². The summed E-state index contributed by atoms with van der Waals surface area (Å²) in [5, 5.41) is 0. The molecule has 0 unspecified atom stereocenters. The molecule has 0 aliphatic heterocycles. The molecule has 0 atom stereocenters. The molecule has 1 saturated carbocycles. The van der Waals surface area contributed by atoms with Crippen LogP contribution in [0.15, 0.2) is 36.4 Å². The molecule has 2 rings (SSSR count). The number of allylic oxidation sites excluding steroid dienone is 2. The summed E-state index contributed by atoms with van der Waals surface area (Å²) in [7, 11) is 0. The fraction of sp³-hybridized carbons (Fsp3) is 0.385. The van der Waals surface area contributed by atoms with Gasteiger partial charge in [0.1, 0.15) is 0 Å². The van der Waals surface area contributed by atoms with Crippen molar-refractivity contribution in [1.29, 1.82) is 0 Å². The van der Waals surface area contributed by atoms with Crippen LogP contribution in [0.4, 0.5) is 0 Å². The molecule has 0 nitrogen and oxygen atoms in total. The zero-order valence-electron chi connectivity index (χ0n) is 8.16. The molecule has 13 heavy (non-hydrogen) atoms. The molecular weight excluding hydrogens is 156 g/mol. The van der Waals surface area contributed by atoms with Gasteiger partial charge in [-0.25, -0.2) is 0 Å². The Morgan fingerprint density at radius 1 is 1.31 bits per heavy atom. The van der Waals surface area contributed by atoms with Crippen molar-refractivity contribution in [1.82, 2.24) is 0 Å². The first kappa shape index (κ1) is 8.55. The van der Waals surface area contributed by atoms with E-state index in [-0.39, 0.29) is 0 Å². The Kier molecular flexibility index (Phi) is 2.49. The Labute approximate surface area is 80.3 Å². The summed E-state index contributed by atoms with van der Waals surface area (Å²) in [5.41, 5.74) is 2.79. The highest BCUT2D eigenvalue weighted by Gasteiger charge is 2.19. The molecule has 1 aliphatic rings. The predicted octanol–water partition coefficient (Wildman–Crippen LogP) is 3.89. The van der Waals surface area contributed by atoms with Crippen LogP contribution in [-0.2, 0) is 0 Å². The second-order valence-corrected chi connectivity index (χ2v) is 3.93. The summed E-state index contributed by atoms with van der Waals surface area (Å²) >= 11 is 0. The Bertz CT molecular complexity index is 291. The lowest BCUT2D eigenvalue weighted by Gasteiger charge is -2.00. The van der Waals surface area contributed by atoms with Crippen LogP contribution in [0.1, 0.15) is 31.7 Å². The first-order chi connectivity index (χ1) is 6.36. The van der Waals surface area contributed by atoms with Crippen molar-refractivity contribution >= 4 is 5.57 Å². The third-order valence-electron chi connectivity index (χ3n) is 2.68. The van der Waals surface area contributed by atoms with Crippen molar-refractivity contribution in [2.75, 3.05) is 0 Å². The Morgan fingerprint density at radius 2 is 2.00 bits per heavy atom. The zero-order chi connectivity index (χ0) is 9.10. The van der Waals surface area contributed by atoms with E-state index in [4.69, 9.17) is 0 Å². The number of rotatable bonds is 3. The van der Waals surface area contributed by atoms with Crippen LogP contribution in [-0.4, -0.2) is 0 Å². The molecular formula is C13H16. The van der Waals surface area contributed by atoms with Gasteiger partial charge in [-0.3, -0.25) is 0 Å². The molecule has 0 saturated heterocycles. The Hall–Kier alpha value is -1.04. The lowest BCUT2D eigenvalue weighted by Crippen LogP contribution is -1.79. The van der Waals surface area contributed by atoms with Gasteiger partial charge in [-0.05, 0) is 43.2 Å². The molecule has 1 aliphatic carbocycles. The first-order valence-electron chi connectivity index (χ1n) is 5.08. The van der Waals surface area contributed by atoms with Crippen LogP contribution < -0.4 is 0 Å². The van der Waals surface area contributed by atoms with Crippen LogP contribution in [0, 0.1) is 5.92 Å².